The quantitative estimate of drug-likeness (QED) is 0.432. The summed E-state index contributed by atoms with van der Waals surface area (Å²) in [7, 11) is 1.59. The van der Waals surface area contributed by atoms with Crippen LogP contribution in [0.15, 0.2) is 17.7 Å². The van der Waals surface area contributed by atoms with E-state index in [0.717, 1.165) is 0 Å². The van der Waals surface area contributed by atoms with Crippen molar-refractivity contribution in [1.82, 2.24) is 10.4 Å². The van der Waals surface area contributed by atoms with Crippen molar-refractivity contribution >= 4 is 5.94 Å². The van der Waals surface area contributed by atoms with Gasteiger partial charge in [-0.05, 0) is 0 Å². The fourth-order valence-electron chi connectivity index (χ4n) is 0.548. The number of aliphatic hydroxyl groups is 1. The summed E-state index contributed by atoms with van der Waals surface area (Å²) in [5.74, 6) is 1.62. The molecule has 0 radical (unpaired) electrons. The van der Waals surface area contributed by atoms with Crippen LogP contribution in [0.2, 0.25) is 0 Å². The first kappa shape index (κ1) is 5.72. The van der Waals surface area contributed by atoms with E-state index in [1.807, 2.05) is 0 Å². The van der Waals surface area contributed by atoms with Crippen LogP contribution in [0.1, 0.15) is 0 Å². The lowest BCUT2D eigenvalue weighted by atomic mass is 10.5. The Labute approximate surface area is 52.0 Å². The number of hydrogen-bond donors (Lipinski definition) is 2. The molecule has 0 aromatic carbocycles. The second-order valence-corrected chi connectivity index (χ2v) is 1.69. The Kier molecular flexibility index (Phi) is 1.17. The van der Waals surface area contributed by atoms with Crippen LogP contribution in [0, 0.1) is 0 Å². The van der Waals surface area contributed by atoms with Gasteiger partial charge in [-0.2, -0.15) is 0 Å². The lowest BCUT2D eigenvalue weighted by molar-refractivity contribution is 0.214. The second kappa shape index (κ2) is 1.84. The summed E-state index contributed by atoms with van der Waals surface area (Å²) in [5.41, 5.74) is 2.78. The monoisotopic (exact) mass is 126 g/mol. The molecule has 0 unspecified atom stereocenters. The highest BCUT2D eigenvalue weighted by Gasteiger charge is 2.11. The molecular formula is C5H6N2O2. The van der Waals surface area contributed by atoms with E-state index in [9.17, 15) is 4.79 Å². The van der Waals surface area contributed by atoms with Crippen LogP contribution in [0.25, 0.3) is 0 Å². The summed E-state index contributed by atoms with van der Waals surface area (Å²) in [6.07, 6.45) is 1.30. The largest absolute Gasteiger partial charge is 0.493 e. The average molecular weight is 126 g/mol. The first-order chi connectivity index (χ1) is 4.24. The van der Waals surface area contributed by atoms with E-state index in [0.29, 0.717) is 0 Å². The van der Waals surface area contributed by atoms with Crippen LogP contribution in [-0.2, 0) is 4.79 Å². The standard InChI is InChI=1S/C5H6N2O2/c1-7-5(9)2-4(3-8)6-7/h2,6,9H,1H3. The summed E-state index contributed by atoms with van der Waals surface area (Å²) < 4.78 is 0. The number of aliphatic hydroxyl groups excluding tert-OH is 1. The SMILES string of the molecule is CN1NC(=C=O)C=C1O. The van der Waals surface area contributed by atoms with Crippen molar-refractivity contribution in [3.63, 3.8) is 0 Å². The Morgan fingerprint density at radius 2 is 2.56 bits per heavy atom. The number of allylic oxidation sites excluding steroid dienone is 1. The van der Waals surface area contributed by atoms with Gasteiger partial charge in [-0.1, -0.05) is 0 Å². The van der Waals surface area contributed by atoms with Crippen LogP contribution < -0.4 is 5.43 Å². The average Bonchev–Trinajstić information content (AvgIpc) is 2.13. The maximum Gasteiger partial charge on any atom is 0.208 e. The number of hydrogen-bond acceptors (Lipinski definition) is 4. The highest BCUT2D eigenvalue weighted by Crippen LogP contribution is 2.05. The van der Waals surface area contributed by atoms with Gasteiger partial charge >= 0.3 is 0 Å². The first-order valence-corrected chi connectivity index (χ1v) is 2.40. The first-order valence-electron chi connectivity index (χ1n) is 2.40. The molecular weight excluding hydrogens is 120 g/mol. The summed E-state index contributed by atoms with van der Waals surface area (Å²) >= 11 is 0. The molecule has 9 heavy (non-hydrogen) atoms. The molecule has 1 rings (SSSR count). The number of nitrogens with one attached hydrogen (secondary N) is 1. The van der Waals surface area contributed by atoms with Crippen molar-refractivity contribution in [3.8, 4) is 0 Å². The van der Waals surface area contributed by atoms with Crippen molar-refractivity contribution in [1.29, 1.82) is 0 Å². The zero-order valence-corrected chi connectivity index (χ0v) is 4.88. The van der Waals surface area contributed by atoms with Crippen molar-refractivity contribution in [2.24, 2.45) is 0 Å². The summed E-state index contributed by atoms with van der Waals surface area (Å²) in [5, 5.41) is 10.1. The third-order valence-corrected chi connectivity index (χ3v) is 1.02. The Balaban J connectivity index is 2.86. The fraction of sp³-hybridized carbons (Fsp3) is 0.200. The van der Waals surface area contributed by atoms with Crippen molar-refractivity contribution < 1.29 is 9.90 Å². The molecule has 0 saturated carbocycles. The number of rotatable bonds is 0. The summed E-state index contributed by atoms with van der Waals surface area (Å²) in [6.45, 7) is 0. The Morgan fingerprint density at radius 3 is 2.78 bits per heavy atom. The maximum atomic E-state index is 9.89. The van der Waals surface area contributed by atoms with Crippen LogP contribution >= 0.6 is 0 Å². The minimum absolute atomic E-state index is 0.0216. The fourth-order valence-corrected chi connectivity index (χ4v) is 0.548. The van der Waals surface area contributed by atoms with Crippen molar-refractivity contribution in [2.45, 2.75) is 0 Å². The Hall–Kier alpha value is -1.41. The van der Waals surface area contributed by atoms with E-state index in [2.05, 4.69) is 5.43 Å². The molecule has 4 nitrogen and oxygen atoms in total. The molecule has 0 bridgehead atoms. The van der Waals surface area contributed by atoms with Gasteiger partial charge in [-0.25, -0.2) is 4.79 Å². The molecule has 0 saturated heterocycles. The lowest BCUT2D eigenvalue weighted by Gasteiger charge is -2.09. The van der Waals surface area contributed by atoms with Gasteiger partial charge in [0.15, 0.2) is 5.94 Å². The van der Waals surface area contributed by atoms with Gasteiger partial charge in [-0.15, -0.1) is 0 Å². The molecule has 48 valence electrons. The molecule has 1 heterocycles. The van der Waals surface area contributed by atoms with Gasteiger partial charge in [0.2, 0.25) is 5.88 Å². The van der Waals surface area contributed by atoms with E-state index in [4.69, 9.17) is 5.11 Å². The lowest BCUT2D eigenvalue weighted by Crippen LogP contribution is -2.26. The Morgan fingerprint density at radius 1 is 1.89 bits per heavy atom. The van der Waals surface area contributed by atoms with Crippen LogP contribution in [0.3, 0.4) is 0 Å². The maximum absolute atomic E-state index is 9.89. The van der Waals surface area contributed by atoms with Crippen molar-refractivity contribution in [2.75, 3.05) is 7.05 Å². The zero-order chi connectivity index (χ0) is 6.85. The highest BCUT2D eigenvalue weighted by atomic mass is 16.3. The van der Waals surface area contributed by atoms with Gasteiger partial charge < -0.3 is 5.11 Å². The number of carbonyl (C=O) groups excluding carboxylic acids is 1. The molecule has 0 amide bonds. The smallest absolute Gasteiger partial charge is 0.208 e. The molecule has 0 spiro atoms. The summed E-state index contributed by atoms with van der Waals surface area (Å²) in [6, 6.07) is 0. The molecule has 1 aliphatic heterocycles. The molecule has 4 heteroatoms. The number of hydrazine groups is 1. The highest BCUT2D eigenvalue weighted by molar-refractivity contribution is 5.57. The van der Waals surface area contributed by atoms with E-state index in [1.165, 1.54) is 11.1 Å². The minimum atomic E-state index is 0.0216. The molecule has 0 aromatic rings. The molecule has 0 aliphatic carbocycles. The van der Waals surface area contributed by atoms with Gasteiger partial charge in [0.25, 0.3) is 0 Å². The van der Waals surface area contributed by atoms with E-state index in [1.54, 1.807) is 13.0 Å². The van der Waals surface area contributed by atoms with Crippen molar-refractivity contribution in [3.05, 3.63) is 17.7 Å². The summed E-state index contributed by atoms with van der Waals surface area (Å²) in [4.78, 5) is 9.89. The zero-order valence-electron chi connectivity index (χ0n) is 4.88. The molecule has 0 fully saturated rings. The molecule has 0 aromatic heterocycles. The molecule has 2 N–H and O–H groups in total. The Bertz CT molecular complexity index is 203. The predicted molar refractivity (Wildman–Crippen MR) is 30.8 cm³/mol. The third-order valence-electron chi connectivity index (χ3n) is 1.02. The number of nitrogens with zero attached hydrogens (tertiary/aromatic N) is 1. The van der Waals surface area contributed by atoms with Crippen LogP contribution in [-0.4, -0.2) is 23.1 Å². The van der Waals surface area contributed by atoms with E-state index in [-0.39, 0.29) is 11.6 Å². The van der Waals surface area contributed by atoms with Gasteiger partial charge in [0, 0.05) is 13.1 Å². The normalized spacial score (nSPS) is 16.8. The topological polar surface area (TPSA) is 52.6 Å². The minimum Gasteiger partial charge on any atom is -0.493 e. The molecule has 0 atom stereocenters. The van der Waals surface area contributed by atoms with Crippen LogP contribution in [0.5, 0.6) is 0 Å². The second-order valence-electron chi connectivity index (χ2n) is 1.69. The van der Waals surface area contributed by atoms with Crippen LogP contribution in [0.4, 0.5) is 0 Å². The predicted octanol–water partition coefficient (Wildman–Crippen LogP) is -0.449. The van der Waals surface area contributed by atoms with E-state index < -0.39 is 0 Å². The molecule has 1 aliphatic rings. The van der Waals surface area contributed by atoms with Gasteiger partial charge in [0.05, 0.1) is 0 Å². The van der Waals surface area contributed by atoms with Gasteiger partial charge in [-0.3, -0.25) is 10.4 Å². The third kappa shape index (κ3) is 0.876. The van der Waals surface area contributed by atoms with Gasteiger partial charge in [0.1, 0.15) is 5.70 Å². The van der Waals surface area contributed by atoms with E-state index >= 15 is 0 Å².